The number of nitrogens with zero attached hydrogens (tertiary/aromatic N) is 8. The predicted molar refractivity (Wildman–Crippen MR) is 138 cm³/mol. The molecule has 0 saturated carbocycles. The number of nitrogen functional groups attached to an aromatic ring is 2. The second-order valence-corrected chi connectivity index (χ2v) is 12.7. The van der Waals surface area contributed by atoms with Gasteiger partial charge in [0.25, 0.3) is 7.82 Å². The Morgan fingerprint density at radius 3 is 1.98 bits per heavy atom. The van der Waals surface area contributed by atoms with E-state index in [1.165, 1.54) is 21.8 Å². The molecule has 10 atom stereocenters. The first-order valence-electron chi connectivity index (χ1n) is 12.8. The van der Waals surface area contributed by atoms with Crippen molar-refractivity contribution in [2.75, 3.05) is 24.7 Å². The highest BCUT2D eigenvalue weighted by molar-refractivity contribution is 7.47. The molecule has 3 aliphatic heterocycles. The zero-order valence-electron chi connectivity index (χ0n) is 22.0. The van der Waals surface area contributed by atoms with Gasteiger partial charge in [0.2, 0.25) is 0 Å². The van der Waals surface area contributed by atoms with Gasteiger partial charge >= 0.3 is 7.82 Å². The maximum absolute atomic E-state index is 13.2. The van der Waals surface area contributed by atoms with E-state index in [-0.39, 0.29) is 34.0 Å². The Hall–Kier alpha value is -3.24. The van der Waals surface area contributed by atoms with Crippen LogP contribution in [-0.4, -0.2) is 104 Å². The van der Waals surface area contributed by atoms with Crippen LogP contribution in [0.3, 0.4) is 0 Å². The van der Waals surface area contributed by atoms with Gasteiger partial charge in [-0.2, -0.15) is 0 Å². The molecule has 24 heteroatoms. The Labute approximate surface area is 244 Å². The Bertz CT molecular complexity index is 1820. The van der Waals surface area contributed by atoms with Crippen molar-refractivity contribution >= 4 is 49.6 Å². The van der Waals surface area contributed by atoms with Crippen molar-refractivity contribution in [3.8, 4) is 0 Å². The number of phosphoric acid groups is 2. The summed E-state index contributed by atoms with van der Waals surface area (Å²) in [5, 5.41) is 22.1. The smallest absolute Gasteiger partial charge is 0.472 e. The topological polar surface area (TPSA) is 313 Å². The number of ether oxygens (including phenoxy) is 2. The number of hydrogen-bond donors (Lipinski definition) is 5. The summed E-state index contributed by atoms with van der Waals surface area (Å²) in [5.41, 5.74) is 12.3. The quantitative estimate of drug-likeness (QED) is 0.142. The summed E-state index contributed by atoms with van der Waals surface area (Å²) in [7, 11) is -10.3. The van der Waals surface area contributed by atoms with Crippen LogP contribution in [0.25, 0.3) is 22.3 Å². The normalized spacial score (nSPS) is 38.3. The van der Waals surface area contributed by atoms with E-state index in [0.29, 0.717) is 0 Å². The maximum Gasteiger partial charge on any atom is 0.472 e. The first kappa shape index (κ1) is 29.5. The number of aliphatic hydroxyl groups excluding tert-OH is 2. The molecule has 3 aliphatic rings. The summed E-state index contributed by atoms with van der Waals surface area (Å²) >= 11 is 0. The zero-order chi connectivity index (χ0) is 31.0. The molecule has 7 N–H and O–H groups in total. The van der Waals surface area contributed by atoms with E-state index in [1.807, 2.05) is 0 Å². The molecule has 0 spiro atoms. The molecular formula is C20H23N10O12P2-. The number of aliphatic hydroxyl groups is 2. The maximum atomic E-state index is 13.2. The molecule has 0 aliphatic carbocycles. The molecule has 7 heterocycles. The van der Waals surface area contributed by atoms with Crippen molar-refractivity contribution < 1.29 is 56.7 Å². The third kappa shape index (κ3) is 5.04. The average molecular weight is 657 g/mol. The highest BCUT2D eigenvalue weighted by Gasteiger charge is 2.53. The Balaban J connectivity index is 1.20. The van der Waals surface area contributed by atoms with Crippen LogP contribution in [0.2, 0.25) is 0 Å². The van der Waals surface area contributed by atoms with E-state index in [0.717, 1.165) is 12.7 Å². The number of imidazole rings is 2. The van der Waals surface area contributed by atoms with Gasteiger partial charge in [-0.3, -0.25) is 22.7 Å². The van der Waals surface area contributed by atoms with E-state index >= 15 is 0 Å². The fraction of sp³-hybridized carbons (Fsp3) is 0.500. The summed E-state index contributed by atoms with van der Waals surface area (Å²) in [6.07, 6.45) is -7.73. The molecule has 0 aromatic carbocycles. The van der Waals surface area contributed by atoms with Gasteiger partial charge in [0.05, 0.1) is 25.9 Å². The van der Waals surface area contributed by atoms with Crippen molar-refractivity contribution in [1.82, 2.24) is 39.0 Å². The molecule has 0 radical (unpaired) electrons. The summed E-state index contributed by atoms with van der Waals surface area (Å²) in [4.78, 5) is 47.7. The second-order valence-electron chi connectivity index (χ2n) is 9.92. The van der Waals surface area contributed by atoms with E-state index < -0.39 is 77.9 Å². The Morgan fingerprint density at radius 1 is 0.773 bits per heavy atom. The number of anilines is 2. The lowest BCUT2D eigenvalue weighted by atomic mass is 10.1. The molecule has 22 nitrogen and oxygen atoms in total. The lowest BCUT2D eigenvalue weighted by Gasteiger charge is -2.30. The first-order chi connectivity index (χ1) is 20.9. The molecule has 0 amide bonds. The standard InChI is InChI=1S/C20H24N10O12P2/c21-15-9-17(25-3-23-15)29(5-27-9)19-12(32)13-8(40-19)2-38-44(35,36)42-14-11(31)7(1-37-43(33,34)41-13)39-20(14)30-6-28-10-16(22)24-4-26-18(10)30/h3-8,11-14,19-20,31-32H,1-2H2,(H,33,34)(H,35,36)(H2,21,23,25)(H2,22,24,26)/p-1/t7-,8+,11-,12+,13+,14-,19+,20-/m1/s1. The number of rotatable bonds is 2. The Morgan fingerprint density at radius 2 is 1.34 bits per heavy atom. The first-order valence-corrected chi connectivity index (χ1v) is 15.7. The van der Waals surface area contributed by atoms with Crippen molar-refractivity contribution in [2.24, 2.45) is 0 Å². The van der Waals surface area contributed by atoms with Crippen LogP contribution in [0.1, 0.15) is 12.5 Å². The van der Waals surface area contributed by atoms with Crippen LogP contribution >= 0.6 is 15.6 Å². The molecule has 4 aromatic rings. The van der Waals surface area contributed by atoms with Crippen LogP contribution in [-0.2, 0) is 36.7 Å². The molecule has 7 rings (SSSR count). The third-order valence-electron chi connectivity index (χ3n) is 7.25. The largest absolute Gasteiger partial charge is 0.756 e. The molecule has 236 valence electrons. The number of aromatic nitrogens is 8. The van der Waals surface area contributed by atoms with Gasteiger partial charge in [-0.1, -0.05) is 0 Å². The SMILES string of the molecule is Nc1ncnc2c1ncn2[C@@H]1O[C@@H]2COP(=O)([O-])O[C@@H]3[C@H](O)[C@@H](n4cnc5c(N)ncnc54)O[C@H]3COP(=O)(O)O[C@@H]1[C@@H]2O. The van der Waals surface area contributed by atoms with Gasteiger partial charge < -0.3 is 50.0 Å². The summed E-state index contributed by atoms with van der Waals surface area (Å²) in [5.74, 6) is 0.0646. The number of fused-ring (bicyclic) bond motifs is 5. The average Bonchev–Trinajstić information content (AvgIpc) is 3.73. The highest BCUT2D eigenvalue weighted by Crippen LogP contribution is 2.52. The van der Waals surface area contributed by atoms with Crippen molar-refractivity contribution in [2.45, 2.75) is 49.1 Å². The lowest BCUT2D eigenvalue weighted by molar-refractivity contribution is -0.236. The summed E-state index contributed by atoms with van der Waals surface area (Å²) in [6, 6.07) is 0. The third-order valence-corrected chi connectivity index (χ3v) is 9.20. The summed E-state index contributed by atoms with van der Waals surface area (Å²) in [6.45, 7) is -1.65. The fourth-order valence-corrected chi connectivity index (χ4v) is 7.10. The predicted octanol–water partition coefficient (Wildman–Crippen LogP) is -2.27. The van der Waals surface area contributed by atoms with Gasteiger partial charge in [-0.25, -0.2) is 34.5 Å². The fourth-order valence-electron chi connectivity index (χ4n) is 5.22. The van der Waals surface area contributed by atoms with Crippen LogP contribution in [0.5, 0.6) is 0 Å². The second kappa shape index (κ2) is 10.7. The van der Waals surface area contributed by atoms with Gasteiger partial charge in [-0.05, 0) is 0 Å². The van der Waals surface area contributed by atoms with Crippen LogP contribution < -0.4 is 16.4 Å². The number of hydrogen-bond acceptors (Lipinski definition) is 19. The molecule has 3 saturated heterocycles. The zero-order valence-corrected chi connectivity index (χ0v) is 23.8. The van der Waals surface area contributed by atoms with Crippen LogP contribution in [0.15, 0.2) is 25.3 Å². The highest BCUT2D eigenvalue weighted by atomic mass is 31.2. The molecule has 2 bridgehead atoms. The van der Waals surface area contributed by atoms with Crippen molar-refractivity contribution in [3.63, 3.8) is 0 Å². The Kier molecular flexibility index (Phi) is 7.16. The lowest BCUT2D eigenvalue weighted by Crippen LogP contribution is -2.37. The minimum Gasteiger partial charge on any atom is -0.756 e. The van der Waals surface area contributed by atoms with E-state index in [4.69, 9.17) is 39.0 Å². The van der Waals surface area contributed by atoms with Gasteiger partial charge in [-0.15, -0.1) is 0 Å². The van der Waals surface area contributed by atoms with E-state index in [2.05, 4.69) is 29.9 Å². The monoisotopic (exact) mass is 657 g/mol. The molecular weight excluding hydrogens is 634 g/mol. The molecule has 2 unspecified atom stereocenters. The van der Waals surface area contributed by atoms with Crippen LogP contribution in [0.4, 0.5) is 11.6 Å². The molecule has 44 heavy (non-hydrogen) atoms. The van der Waals surface area contributed by atoms with E-state index in [1.54, 1.807) is 0 Å². The number of nitrogens with two attached hydrogens (primary N) is 2. The summed E-state index contributed by atoms with van der Waals surface area (Å²) < 4.78 is 60.9. The molecule has 3 fully saturated rings. The van der Waals surface area contributed by atoms with E-state index in [9.17, 15) is 29.1 Å². The van der Waals surface area contributed by atoms with Crippen molar-refractivity contribution in [1.29, 1.82) is 0 Å². The number of phosphoric ester groups is 2. The van der Waals surface area contributed by atoms with Crippen molar-refractivity contribution in [3.05, 3.63) is 25.3 Å². The minimum atomic E-state index is -5.27. The van der Waals surface area contributed by atoms with Crippen LogP contribution in [0, 0.1) is 0 Å². The van der Waals surface area contributed by atoms with Gasteiger partial charge in [0, 0.05) is 0 Å². The van der Waals surface area contributed by atoms with Gasteiger partial charge in [0.1, 0.15) is 60.3 Å². The van der Waals surface area contributed by atoms with Gasteiger partial charge in [0.15, 0.2) is 35.4 Å². The minimum absolute atomic E-state index is 0.0265. The molecule has 4 aromatic heterocycles.